The van der Waals surface area contributed by atoms with Crippen LogP contribution in [0.3, 0.4) is 0 Å². The second-order valence-electron chi connectivity index (χ2n) is 4.66. The fourth-order valence-corrected chi connectivity index (χ4v) is 2.17. The molecule has 0 atom stereocenters. The number of hydrogen-bond donors (Lipinski definition) is 0. The van der Waals surface area contributed by atoms with Gasteiger partial charge in [-0.05, 0) is 38.1 Å². The number of rotatable bonds is 4. The summed E-state index contributed by atoms with van der Waals surface area (Å²) in [6.45, 7) is 6.16. The van der Waals surface area contributed by atoms with E-state index in [1.54, 1.807) is 0 Å². The van der Waals surface area contributed by atoms with E-state index < -0.39 is 0 Å². The molecule has 0 N–H and O–H groups in total. The van der Waals surface area contributed by atoms with Gasteiger partial charge in [0.25, 0.3) is 0 Å². The third kappa shape index (κ3) is 3.62. The first-order valence-corrected chi connectivity index (χ1v) is 6.20. The molecule has 0 aliphatic carbocycles. The average molecular weight is 217 g/mol. The molecule has 0 unspecified atom stereocenters. The van der Waals surface area contributed by atoms with E-state index in [4.69, 9.17) is 0 Å². The second-order valence-corrected chi connectivity index (χ2v) is 4.66. The van der Waals surface area contributed by atoms with Gasteiger partial charge in [0.05, 0.1) is 0 Å². The van der Waals surface area contributed by atoms with Crippen molar-refractivity contribution in [3.05, 3.63) is 35.9 Å². The molecule has 0 aromatic heterocycles. The third-order valence-electron chi connectivity index (χ3n) is 3.32. The molecule has 2 heteroatoms. The van der Waals surface area contributed by atoms with E-state index in [9.17, 15) is 0 Å². The smallest absolute Gasteiger partial charge is 0.0110 e. The van der Waals surface area contributed by atoms with Crippen molar-refractivity contribution in [3.8, 4) is 0 Å². The molecule has 1 heterocycles. The van der Waals surface area contributed by atoms with Crippen LogP contribution in [0.2, 0.25) is 0 Å². The summed E-state index contributed by atoms with van der Waals surface area (Å²) in [6.07, 6.45) is 2.47. The molecule has 1 saturated heterocycles. The fraction of sp³-hybridized carbons (Fsp3) is 0.571. The summed E-state index contributed by atoms with van der Waals surface area (Å²) >= 11 is 0. The molecule has 16 heavy (non-hydrogen) atoms. The molecule has 1 aromatic rings. The van der Waals surface area contributed by atoms with Crippen LogP contribution in [0.4, 0.5) is 0 Å². The second kappa shape index (κ2) is 6.02. The van der Waals surface area contributed by atoms with Crippen molar-refractivity contribution in [1.82, 2.24) is 9.80 Å². The summed E-state index contributed by atoms with van der Waals surface area (Å²) < 4.78 is 0. The molecule has 0 bridgehead atoms. The van der Waals surface area contributed by atoms with E-state index in [0.717, 1.165) is 0 Å². The average Bonchev–Trinajstić information content (AvgIpc) is 2.33. The maximum atomic E-state index is 3.06. The first kappa shape index (κ1) is 11.6. The SMILES string of the molecule is CN1CCN(CCCc2cc[c]cc2)CC1. The van der Waals surface area contributed by atoms with Gasteiger partial charge < -0.3 is 9.80 Å². The quantitative estimate of drug-likeness (QED) is 0.757. The molecule has 1 aliphatic heterocycles. The highest BCUT2D eigenvalue weighted by Crippen LogP contribution is 2.05. The maximum absolute atomic E-state index is 3.06. The summed E-state index contributed by atoms with van der Waals surface area (Å²) in [5.74, 6) is 0. The van der Waals surface area contributed by atoms with E-state index in [1.807, 2.05) is 12.1 Å². The molecule has 2 rings (SSSR count). The van der Waals surface area contributed by atoms with Crippen molar-refractivity contribution in [2.24, 2.45) is 0 Å². The van der Waals surface area contributed by atoms with Crippen LogP contribution in [0.1, 0.15) is 12.0 Å². The van der Waals surface area contributed by atoms with Crippen molar-refractivity contribution in [2.75, 3.05) is 39.8 Å². The minimum atomic E-state index is 1.20. The van der Waals surface area contributed by atoms with Gasteiger partial charge in [-0.15, -0.1) is 0 Å². The first-order chi connectivity index (χ1) is 7.84. The molecule has 1 radical (unpaired) electrons. The normalized spacial score (nSPS) is 18.8. The summed E-state index contributed by atoms with van der Waals surface area (Å²) in [7, 11) is 2.21. The molecule has 1 aromatic carbocycles. The molecule has 0 amide bonds. The van der Waals surface area contributed by atoms with Crippen LogP contribution in [0.25, 0.3) is 0 Å². The lowest BCUT2D eigenvalue weighted by molar-refractivity contribution is 0.153. The predicted octanol–water partition coefficient (Wildman–Crippen LogP) is 1.67. The molecule has 1 fully saturated rings. The Balaban J connectivity index is 1.65. The minimum Gasteiger partial charge on any atom is -0.304 e. The van der Waals surface area contributed by atoms with Crippen LogP contribution in [0, 0.1) is 6.07 Å². The van der Waals surface area contributed by atoms with Gasteiger partial charge in [-0.1, -0.05) is 24.3 Å². The maximum Gasteiger partial charge on any atom is 0.0110 e. The van der Waals surface area contributed by atoms with E-state index in [-0.39, 0.29) is 0 Å². The number of aryl methyl sites for hydroxylation is 1. The van der Waals surface area contributed by atoms with Crippen LogP contribution in [-0.2, 0) is 6.42 Å². The first-order valence-electron chi connectivity index (χ1n) is 6.20. The van der Waals surface area contributed by atoms with E-state index in [2.05, 4.69) is 35.0 Å². The predicted molar refractivity (Wildman–Crippen MR) is 67.5 cm³/mol. The van der Waals surface area contributed by atoms with Crippen molar-refractivity contribution in [1.29, 1.82) is 0 Å². The standard InChI is InChI=1S/C14H21N2/c1-15-10-12-16(13-11-15)9-5-8-14-6-3-2-4-7-14/h3-4,6-7H,5,8-13H2,1H3. The Morgan fingerprint density at radius 2 is 1.81 bits per heavy atom. The molecule has 0 spiro atoms. The van der Waals surface area contributed by atoms with E-state index in [1.165, 1.54) is 51.1 Å². The number of benzene rings is 1. The Morgan fingerprint density at radius 3 is 2.50 bits per heavy atom. The van der Waals surface area contributed by atoms with Crippen molar-refractivity contribution in [3.63, 3.8) is 0 Å². The molecule has 1 aliphatic rings. The van der Waals surface area contributed by atoms with Gasteiger partial charge in [-0.3, -0.25) is 0 Å². The van der Waals surface area contributed by atoms with Crippen LogP contribution in [0.15, 0.2) is 24.3 Å². The Morgan fingerprint density at radius 1 is 1.12 bits per heavy atom. The Bertz CT molecular complexity index is 289. The topological polar surface area (TPSA) is 6.48 Å². The highest BCUT2D eigenvalue weighted by atomic mass is 15.2. The van der Waals surface area contributed by atoms with Gasteiger partial charge in [-0.2, -0.15) is 0 Å². The molecular weight excluding hydrogens is 196 g/mol. The number of nitrogens with zero attached hydrogens (tertiary/aromatic N) is 2. The molecule has 0 saturated carbocycles. The molecule has 2 nitrogen and oxygen atoms in total. The Labute approximate surface area is 98.9 Å². The van der Waals surface area contributed by atoms with Crippen LogP contribution in [0.5, 0.6) is 0 Å². The van der Waals surface area contributed by atoms with Gasteiger partial charge in [0, 0.05) is 26.2 Å². The van der Waals surface area contributed by atoms with Gasteiger partial charge in [0.1, 0.15) is 0 Å². The van der Waals surface area contributed by atoms with Crippen LogP contribution >= 0.6 is 0 Å². The summed E-state index contributed by atoms with van der Waals surface area (Å²) in [6, 6.07) is 11.4. The Kier molecular flexibility index (Phi) is 4.37. The molecular formula is C14H21N2. The van der Waals surface area contributed by atoms with Crippen molar-refractivity contribution < 1.29 is 0 Å². The summed E-state index contributed by atoms with van der Waals surface area (Å²) in [5, 5.41) is 0. The zero-order valence-corrected chi connectivity index (χ0v) is 10.2. The number of piperazine rings is 1. The lowest BCUT2D eigenvalue weighted by Crippen LogP contribution is -2.44. The zero-order chi connectivity index (χ0) is 11.2. The lowest BCUT2D eigenvalue weighted by atomic mass is 10.1. The van der Waals surface area contributed by atoms with Gasteiger partial charge in [0.2, 0.25) is 0 Å². The Hall–Kier alpha value is -0.860. The van der Waals surface area contributed by atoms with E-state index >= 15 is 0 Å². The molecule has 87 valence electrons. The third-order valence-corrected chi connectivity index (χ3v) is 3.32. The zero-order valence-electron chi connectivity index (χ0n) is 10.2. The minimum absolute atomic E-state index is 1.20. The van der Waals surface area contributed by atoms with Gasteiger partial charge in [0.15, 0.2) is 0 Å². The lowest BCUT2D eigenvalue weighted by Gasteiger charge is -2.32. The largest absolute Gasteiger partial charge is 0.304 e. The number of hydrogen-bond acceptors (Lipinski definition) is 2. The van der Waals surface area contributed by atoms with Gasteiger partial charge >= 0.3 is 0 Å². The fourth-order valence-electron chi connectivity index (χ4n) is 2.17. The van der Waals surface area contributed by atoms with Gasteiger partial charge in [-0.25, -0.2) is 0 Å². The highest BCUT2D eigenvalue weighted by molar-refractivity contribution is 5.13. The summed E-state index contributed by atoms with van der Waals surface area (Å²) in [5.41, 5.74) is 1.44. The monoisotopic (exact) mass is 217 g/mol. The van der Waals surface area contributed by atoms with E-state index in [0.29, 0.717) is 0 Å². The highest BCUT2D eigenvalue weighted by Gasteiger charge is 2.12. The number of likely N-dealkylation sites (N-methyl/N-ethyl adjacent to an activating group) is 1. The van der Waals surface area contributed by atoms with Crippen LogP contribution in [-0.4, -0.2) is 49.6 Å². The van der Waals surface area contributed by atoms with Crippen molar-refractivity contribution in [2.45, 2.75) is 12.8 Å². The summed E-state index contributed by atoms with van der Waals surface area (Å²) in [4.78, 5) is 4.98. The van der Waals surface area contributed by atoms with Crippen molar-refractivity contribution >= 4 is 0 Å². The van der Waals surface area contributed by atoms with Crippen LogP contribution < -0.4 is 0 Å².